The Morgan fingerprint density at radius 2 is 0.896 bits per heavy atom. The smallest absolute Gasteiger partial charge is 0.306 e. The van der Waals surface area contributed by atoms with E-state index in [0.717, 1.165) is 64.2 Å². The lowest BCUT2D eigenvalue weighted by molar-refractivity contribution is -0.305. The first-order chi connectivity index (χ1) is 37.7. The van der Waals surface area contributed by atoms with Gasteiger partial charge in [-0.3, -0.25) is 9.59 Å². The number of carbonyl (C=O) groups is 2. The van der Waals surface area contributed by atoms with E-state index in [1.807, 2.05) is 18.2 Å². The van der Waals surface area contributed by atoms with Crippen LogP contribution in [0.1, 0.15) is 284 Å². The third kappa shape index (κ3) is 42.0. The molecule has 1 amide bonds. The number of ether oxygens (including phenoxy) is 3. The topological polar surface area (TPSA) is 175 Å². The number of allylic oxidation sites excluding steroid dienone is 9. The monoisotopic (exact) mass is 1090 g/mol. The molecule has 8 atom stereocenters. The molecule has 1 rings (SSSR count). The van der Waals surface area contributed by atoms with Crippen molar-refractivity contribution in [3.8, 4) is 0 Å². The molecule has 0 aliphatic carbocycles. The van der Waals surface area contributed by atoms with E-state index in [0.29, 0.717) is 12.8 Å². The predicted octanol–water partition coefficient (Wildman–Crippen LogP) is 15.4. The van der Waals surface area contributed by atoms with Crippen molar-refractivity contribution in [3.05, 3.63) is 60.8 Å². The molecule has 1 fully saturated rings. The van der Waals surface area contributed by atoms with Crippen LogP contribution >= 0.6 is 0 Å². The molecule has 0 saturated carbocycles. The van der Waals surface area contributed by atoms with Crippen LogP contribution in [0.15, 0.2) is 60.8 Å². The summed E-state index contributed by atoms with van der Waals surface area (Å²) in [5, 5.41) is 56.9. The summed E-state index contributed by atoms with van der Waals surface area (Å²) >= 11 is 0. The highest BCUT2D eigenvalue weighted by Gasteiger charge is 2.47. The molecule has 11 heteroatoms. The van der Waals surface area contributed by atoms with Gasteiger partial charge in [-0.25, -0.2) is 0 Å². The van der Waals surface area contributed by atoms with Crippen molar-refractivity contribution in [2.45, 2.75) is 333 Å². The molecule has 0 aromatic rings. The summed E-state index contributed by atoms with van der Waals surface area (Å²) in [4.78, 5) is 26.5. The van der Waals surface area contributed by atoms with Gasteiger partial charge in [0, 0.05) is 6.42 Å². The maximum atomic E-state index is 13.4. The molecule has 1 heterocycles. The van der Waals surface area contributed by atoms with Crippen molar-refractivity contribution in [3.63, 3.8) is 0 Å². The Morgan fingerprint density at radius 3 is 1.36 bits per heavy atom. The van der Waals surface area contributed by atoms with Gasteiger partial charge in [0.2, 0.25) is 5.91 Å². The highest BCUT2D eigenvalue weighted by Crippen LogP contribution is 2.26. The standard InChI is InChI=1S/C66H119NO10/c1-4-7-10-13-16-19-22-25-27-29-30-31-33-36-39-42-45-48-51-54-61(71)77-64-63(73)62(72)60(55-68)76-66(64)75-56-57(58(69)52-49-46-43-40-37-34-24-21-18-15-12-9-6-3)67-65(74)59(70)53-50-47-44-41-38-35-32-28-26-23-20-17-14-11-8-5-2/h17,20,26,28,35,38,44,47,49,52,57-60,62-64,66,68-70,72-73H,4-16,18-19,21-25,27,29-34,36-37,39-43,45-46,48,50-51,53-56H2,1-3H3,(H,67,74)/b20-17-,28-26-,38-35-,47-44-,52-49+. The van der Waals surface area contributed by atoms with Crippen LogP contribution in [0.2, 0.25) is 0 Å². The minimum Gasteiger partial charge on any atom is -0.454 e. The van der Waals surface area contributed by atoms with Crippen LogP contribution in [-0.4, -0.2) is 99.6 Å². The highest BCUT2D eigenvalue weighted by molar-refractivity contribution is 5.80. The van der Waals surface area contributed by atoms with E-state index >= 15 is 0 Å². The van der Waals surface area contributed by atoms with Crippen LogP contribution in [-0.2, 0) is 23.8 Å². The van der Waals surface area contributed by atoms with Crippen LogP contribution < -0.4 is 5.32 Å². The van der Waals surface area contributed by atoms with Crippen molar-refractivity contribution in [1.82, 2.24) is 5.32 Å². The molecular weight excluding hydrogens is 967 g/mol. The lowest BCUT2D eigenvalue weighted by Crippen LogP contribution is -2.61. The average Bonchev–Trinajstić information content (AvgIpc) is 3.43. The number of unbranched alkanes of at least 4 members (excludes halogenated alkanes) is 32. The van der Waals surface area contributed by atoms with E-state index in [1.54, 1.807) is 6.08 Å². The molecule has 1 saturated heterocycles. The van der Waals surface area contributed by atoms with E-state index in [2.05, 4.69) is 62.5 Å². The number of rotatable bonds is 54. The molecular formula is C66H119NO10. The first-order valence-corrected chi connectivity index (χ1v) is 32.1. The normalized spacial score (nSPS) is 19.4. The molecule has 0 radical (unpaired) electrons. The van der Waals surface area contributed by atoms with Gasteiger partial charge in [0.1, 0.15) is 24.4 Å². The van der Waals surface area contributed by atoms with Gasteiger partial charge >= 0.3 is 5.97 Å². The van der Waals surface area contributed by atoms with Gasteiger partial charge in [-0.15, -0.1) is 0 Å². The Hall–Kier alpha value is -2.64. The molecule has 11 nitrogen and oxygen atoms in total. The fourth-order valence-corrected chi connectivity index (χ4v) is 9.82. The zero-order chi connectivity index (χ0) is 56.1. The van der Waals surface area contributed by atoms with E-state index in [-0.39, 0.29) is 19.4 Å². The fraction of sp³-hybridized carbons (Fsp3) is 0.818. The first-order valence-electron chi connectivity index (χ1n) is 32.1. The van der Waals surface area contributed by atoms with Crippen molar-refractivity contribution in [1.29, 1.82) is 0 Å². The van der Waals surface area contributed by atoms with Gasteiger partial charge in [0.15, 0.2) is 12.4 Å². The number of aliphatic hydroxyl groups excluding tert-OH is 5. The quantitative estimate of drug-likeness (QED) is 0.0195. The Morgan fingerprint density at radius 1 is 0.506 bits per heavy atom. The van der Waals surface area contributed by atoms with Crippen LogP contribution in [0.3, 0.4) is 0 Å². The number of hydrogen-bond acceptors (Lipinski definition) is 10. The molecule has 0 aromatic carbocycles. The zero-order valence-electron chi connectivity index (χ0n) is 49.6. The van der Waals surface area contributed by atoms with Crippen molar-refractivity contribution < 1.29 is 49.3 Å². The van der Waals surface area contributed by atoms with E-state index < -0.39 is 67.4 Å². The number of esters is 1. The highest BCUT2D eigenvalue weighted by atomic mass is 16.7. The molecule has 6 N–H and O–H groups in total. The predicted molar refractivity (Wildman–Crippen MR) is 320 cm³/mol. The van der Waals surface area contributed by atoms with Gasteiger partial charge in [-0.2, -0.15) is 0 Å². The maximum absolute atomic E-state index is 13.4. The minimum atomic E-state index is -1.62. The summed E-state index contributed by atoms with van der Waals surface area (Å²) in [5.74, 6) is -1.25. The number of nitrogens with one attached hydrogen (secondary N) is 1. The number of hydrogen-bond donors (Lipinski definition) is 6. The SMILES string of the molecule is CCCCC/C=C\C/C=C\C/C=C\C/C=C\CCC(O)C(=O)NC(COC1OC(CO)C(O)C(O)C1OC(=O)CCCCCCCCCCCCCCCCCCCCC)C(O)/C=C/CCCCCCCCCCCCC. The summed E-state index contributed by atoms with van der Waals surface area (Å²) in [5.41, 5.74) is 0. The van der Waals surface area contributed by atoms with Gasteiger partial charge < -0.3 is 45.1 Å². The van der Waals surface area contributed by atoms with E-state index in [4.69, 9.17) is 14.2 Å². The second-order valence-corrected chi connectivity index (χ2v) is 22.1. The number of amides is 1. The Balaban J connectivity index is 2.70. The Kier molecular flexibility index (Phi) is 50.7. The number of aliphatic hydroxyl groups is 5. The molecule has 448 valence electrons. The van der Waals surface area contributed by atoms with Crippen molar-refractivity contribution in [2.24, 2.45) is 0 Å². The summed E-state index contributed by atoms with van der Waals surface area (Å²) in [6.45, 7) is 5.75. The van der Waals surface area contributed by atoms with Gasteiger partial charge in [-0.05, 0) is 64.2 Å². The molecule has 0 bridgehead atoms. The third-order valence-corrected chi connectivity index (χ3v) is 14.9. The summed E-state index contributed by atoms with van der Waals surface area (Å²) in [7, 11) is 0. The fourth-order valence-electron chi connectivity index (χ4n) is 9.82. The average molecular weight is 1090 g/mol. The molecule has 77 heavy (non-hydrogen) atoms. The number of carbonyl (C=O) groups excluding carboxylic acids is 2. The van der Waals surface area contributed by atoms with Crippen LogP contribution in [0.5, 0.6) is 0 Å². The van der Waals surface area contributed by atoms with Crippen LogP contribution in [0.25, 0.3) is 0 Å². The Labute approximate surface area is 471 Å². The van der Waals surface area contributed by atoms with Gasteiger partial charge in [0.25, 0.3) is 0 Å². The second-order valence-electron chi connectivity index (χ2n) is 22.1. The largest absolute Gasteiger partial charge is 0.454 e. The molecule has 1 aliphatic rings. The molecule has 1 aliphatic heterocycles. The van der Waals surface area contributed by atoms with Gasteiger partial charge in [0.05, 0.1) is 25.4 Å². The maximum Gasteiger partial charge on any atom is 0.306 e. The summed E-state index contributed by atoms with van der Waals surface area (Å²) in [6.07, 6.45) is 56.9. The summed E-state index contributed by atoms with van der Waals surface area (Å²) in [6, 6.07) is -1.05. The molecule has 0 aromatic heterocycles. The lowest BCUT2D eigenvalue weighted by Gasteiger charge is -2.41. The third-order valence-electron chi connectivity index (χ3n) is 14.9. The Bertz CT molecular complexity index is 1480. The first kappa shape index (κ1) is 72.4. The van der Waals surface area contributed by atoms with Crippen molar-refractivity contribution in [2.75, 3.05) is 13.2 Å². The van der Waals surface area contributed by atoms with Crippen molar-refractivity contribution >= 4 is 11.9 Å². The summed E-state index contributed by atoms with van der Waals surface area (Å²) < 4.78 is 17.6. The lowest BCUT2D eigenvalue weighted by atomic mass is 9.99. The second kappa shape index (κ2) is 54.0. The minimum absolute atomic E-state index is 0.120. The zero-order valence-corrected chi connectivity index (χ0v) is 49.6. The van der Waals surface area contributed by atoms with Crippen LogP contribution in [0.4, 0.5) is 0 Å². The van der Waals surface area contributed by atoms with E-state index in [9.17, 15) is 35.1 Å². The molecule has 8 unspecified atom stereocenters. The van der Waals surface area contributed by atoms with E-state index in [1.165, 1.54) is 173 Å². The van der Waals surface area contributed by atoms with Gasteiger partial charge in [-0.1, -0.05) is 274 Å². The molecule has 0 spiro atoms. The van der Waals surface area contributed by atoms with Crippen LogP contribution in [0, 0.1) is 0 Å².